The molecule has 1 aliphatic heterocycles. The number of hydrogen-bond acceptors (Lipinski definition) is 3. The minimum atomic E-state index is -2.67. The molecule has 1 saturated heterocycles. The molecule has 0 spiro atoms. The average molecular weight is 378 g/mol. The number of benzene rings is 1. The Balaban J connectivity index is 1.50. The molecule has 0 unspecified atom stereocenters. The van der Waals surface area contributed by atoms with Crippen LogP contribution < -0.4 is 5.32 Å². The summed E-state index contributed by atoms with van der Waals surface area (Å²) in [5.74, 6) is -5.15. The van der Waals surface area contributed by atoms with Crippen LogP contribution in [0.5, 0.6) is 0 Å². The molecule has 0 aliphatic carbocycles. The fourth-order valence-corrected chi connectivity index (χ4v) is 3.07. The Morgan fingerprint density at radius 1 is 1.22 bits per heavy atom. The first-order valence-electron chi connectivity index (χ1n) is 8.13. The summed E-state index contributed by atoms with van der Waals surface area (Å²) >= 11 is 0. The number of aromatic nitrogens is 2. The number of pyridine rings is 1. The van der Waals surface area contributed by atoms with E-state index in [0.29, 0.717) is 22.3 Å². The van der Waals surface area contributed by atoms with Crippen LogP contribution in [0.2, 0.25) is 0 Å². The normalized spacial score (nSPS) is 16.3. The lowest BCUT2D eigenvalue weighted by molar-refractivity contribution is -0.134. The number of carbonyl (C=O) groups is 1. The zero-order chi connectivity index (χ0) is 19.2. The Kier molecular flexibility index (Phi) is 4.11. The second kappa shape index (κ2) is 6.34. The van der Waals surface area contributed by atoms with Gasteiger partial charge in [-0.2, -0.15) is 0 Å². The van der Waals surface area contributed by atoms with Crippen LogP contribution >= 0.6 is 0 Å². The summed E-state index contributed by atoms with van der Waals surface area (Å²) in [5, 5.41) is 2.96. The number of H-pyrrole nitrogens is 1. The molecule has 2 aromatic heterocycles. The molecule has 3 heterocycles. The lowest BCUT2D eigenvalue weighted by Gasteiger charge is -2.38. The minimum Gasteiger partial charge on any atom is -0.359 e. The number of likely N-dealkylation sites (tertiary alicyclic amines) is 1. The molecular weight excluding hydrogens is 364 g/mol. The Morgan fingerprint density at radius 2 is 1.96 bits per heavy atom. The van der Waals surface area contributed by atoms with E-state index in [1.807, 2.05) is 0 Å². The molecule has 2 N–H and O–H groups in total. The third-order valence-electron chi connectivity index (χ3n) is 4.35. The number of carbonyl (C=O) groups excluding carboxylic acids is 1. The SMILES string of the molecule is O=C(Nc1c[nH]c2cc(F)c(F)cc12)c1ccnc(CN2CC(F)(F)C2)c1. The van der Waals surface area contributed by atoms with E-state index in [1.54, 1.807) is 0 Å². The molecule has 0 atom stereocenters. The summed E-state index contributed by atoms with van der Waals surface area (Å²) in [7, 11) is 0. The second-order valence-corrected chi connectivity index (χ2v) is 6.51. The largest absolute Gasteiger partial charge is 0.359 e. The van der Waals surface area contributed by atoms with Gasteiger partial charge in [0.1, 0.15) is 0 Å². The summed E-state index contributed by atoms with van der Waals surface area (Å²) in [6.45, 7) is -0.445. The van der Waals surface area contributed by atoms with Crippen molar-refractivity contribution in [2.75, 3.05) is 18.4 Å². The molecule has 27 heavy (non-hydrogen) atoms. The third-order valence-corrected chi connectivity index (χ3v) is 4.35. The van der Waals surface area contributed by atoms with E-state index in [9.17, 15) is 22.4 Å². The first kappa shape index (κ1) is 17.5. The molecule has 4 rings (SSSR count). The first-order chi connectivity index (χ1) is 12.8. The summed E-state index contributed by atoms with van der Waals surface area (Å²) < 4.78 is 52.6. The predicted octanol–water partition coefficient (Wildman–Crippen LogP) is 3.54. The quantitative estimate of drug-likeness (QED) is 0.683. The number of nitrogens with one attached hydrogen (secondary N) is 2. The van der Waals surface area contributed by atoms with E-state index in [0.717, 1.165) is 12.1 Å². The van der Waals surface area contributed by atoms with E-state index in [-0.39, 0.29) is 25.2 Å². The van der Waals surface area contributed by atoms with Gasteiger partial charge in [0, 0.05) is 36.0 Å². The molecule has 140 valence electrons. The molecule has 9 heteroatoms. The molecule has 1 amide bonds. The maximum atomic E-state index is 13.5. The predicted molar refractivity (Wildman–Crippen MR) is 90.6 cm³/mol. The van der Waals surface area contributed by atoms with Crippen LogP contribution in [-0.2, 0) is 6.54 Å². The smallest absolute Gasteiger partial charge is 0.272 e. The van der Waals surface area contributed by atoms with Gasteiger partial charge in [-0.25, -0.2) is 17.6 Å². The van der Waals surface area contributed by atoms with Crippen molar-refractivity contribution in [2.24, 2.45) is 0 Å². The first-order valence-corrected chi connectivity index (χ1v) is 8.13. The molecule has 5 nitrogen and oxygen atoms in total. The molecule has 0 saturated carbocycles. The van der Waals surface area contributed by atoms with E-state index in [4.69, 9.17) is 0 Å². The summed E-state index contributed by atoms with van der Waals surface area (Å²) in [5.41, 5.74) is 1.42. The molecule has 1 aromatic carbocycles. The zero-order valence-electron chi connectivity index (χ0n) is 13.9. The molecule has 0 bridgehead atoms. The number of fused-ring (bicyclic) bond motifs is 1. The van der Waals surface area contributed by atoms with Gasteiger partial charge in [-0.1, -0.05) is 0 Å². The van der Waals surface area contributed by atoms with E-state index in [1.165, 1.54) is 29.4 Å². The van der Waals surface area contributed by atoms with Crippen molar-refractivity contribution in [1.82, 2.24) is 14.9 Å². The second-order valence-electron chi connectivity index (χ2n) is 6.51. The maximum absolute atomic E-state index is 13.5. The Bertz CT molecular complexity index is 1030. The lowest BCUT2D eigenvalue weighted by Crippen LogP contribution is -2.55. The van der Waals surface area contributed by atoms with Crippen LogP contribution in [0, 0.1) is 11.6 Å². The van der Waals surface area contributed by atoms with Gasteiger partial charge in [-0.05, 0) is 18.2 Å². The van der Waals surface area contributed by atoms with Crippen molar-refractivity contribution < 1.29 is 22.4 Å². The van der Waals surface area contributed by atoms with Gasteiger partial charge in [0.05, 0.1) is 30.0 Å². The highest BCUT2D eigenvalue weighted by Crippen LogP contribution is 2.28. The monoisotopic (exact) mass is 378 g/mol. The highest BCUT2D eigenvalue weighted by molar-refractivity contribution is 6.09. The van der Waals surface area contributed by atoms with Gasteiger partial charge in [-0.3, -0.25) is 14.7 Å². The van der Waals surface area contributed by atoms with Crippen molar-refractivity contribution in [1.29, 1.82) is 0 Å². The zero-order valence-corrected chi connectivity index (χ0v) is 13.9. The molecular formula is C18H14F4N4O. The van der Waals surface area contributed by atoms with Crippen LogP contribution in [0.25, 0.3) is 10.9 Å². The number of rotatable bonds is 4. The number of aromatic amines is 1. The van der Waals surface area contributed by atoms with Crippen molar-refractivity contribution in [3.05, 3.63) is 59.6 Å². The van der Waals surface area contributed by atoms with Crippen molar-refractivity contribution in [2.45, 2.75) is 12.5 Å². The van der Waals surface area contributed by atoms with E-state index < -0.39 is 23.5 Å². The fraction of sp³-hybridized carbons (Fsp3) is 0.222. The number of alkyl halides is 2. The summed E-state index contributed by atoms with van der Waals surface area (Å²) in [6, 6.07) is 5.01. The van der Waals surface area contributed by atoms with Crippen molar-refractivity contribution in [3.63, 3.8) is 0 Å². The fourth-order valence-electron chi connectivity index (χ4n) is 3.07. The number of amides is 1. The minimum absolute atomic E-state index is 0.217. The highest BCUT2D eigenvalue weighted by atomic mass is 19.3. The Labute approximate surface area is 151 Å². The molecule has 1 fully saturated rings. The number of hydrogen-bond donors (Lipinski definition) is 2. The van der Waals surface area contributed by atoms with Gasteiger partial charge < -0.3 is 10.3 Å². The Hall–Kier alpha value is -2.94. The third kappa shape index (κ3) is 3.50. The van der Waals surface area contributed by atoms with Crippen molar-refractivity contribution >= 4 is 22.5 Å². The standard InChI is InChI=1S/C18H14F4N4O/c19-13-4-12-15(5-14(13)20)24-6-16(12)25-17(27)10-1-2-23-11(3-10)7-26-8-18(21,22)9-26/h1-6,24H,7-9H2,(H,25,27). The highest BCUT2D eigenvalue weighted by Gasteiger charge is 2.43. The summed E-state index contributed by atoms with van der Waals surface area (Å²) in [4.78, 5) is 20.9. The summed E-state index contributed by atoms with van der Waals surface area (Å²) in [6.07, 6.45) is 2.86. The van der Waals surface area contributed by atoms with Crippen molar-refractivity contribution in [3.8, 4) is 0 Å². The lowest BCUT2D eigenvalue weighted by atomic mass is 10.1. The van der Waals surface area contributed by atoms with Gasteiger partial charge in [0.2, 0.25) is 0 Å². The number of halogens is 4. The van der Waals surface area contributed by atoms with Crippen LogP contribution in [0.1, 0.15) is 16.1 Å². The number of anilines is 1. The Morgan fingerprint density at radius 3 is 2.70 bits per heavy atom. The molecule has 1 aliphatic rings. The topological polar surface area (TPSA) is 61.0 Å². The van der Waals surface area contributed by atoms with E-state index in [2.05, 4.69) is 15.3 Å². The molecule has 3 aromatic rings. The number of nitrogens with zero attached hydrogens (tertiary/aromatic N) is 2. The van der Waals surface area contributed by atoms with Gasteiger partial charge in [-0.15, -0.1) is 0 Å². The van der Waals surface area contributed by atoms with Gasteiger partial charge in [0.25, 0.3) is 11.8 Å². The van der Waals surface area contributed by atoms with Gasteiger partial charge in [0.15, 0.2) is 11.6 Å². The molecule has 0 radical (unpaired) electrons. The van der Waals surface area contributed by atoms with E-state index >= 15 is 0 Å². The van der Waals surface area contributed by atoms with Crippen LogP contribution in [-0.4, -0.2) is 39.8 Å². The van der Waals surface area contributed by atoms with Crippen LogP contribution in [0.4, 0.5) is 23.2 Å². The van der Waals surface area contributed by atoms with Gasteiger partial charge >= 0.3 is 0 Å². The van der Waals surface area contributed by atoms with Crippen LogP contribution in [0.15, 0.2) is 36.7 Å². The van der Waals surface area contributed by atoms with Crippen LogP contribution in [0.3, 0.4) is 0 Å². The maximum Gasteiger partial charge on any atom is 0.272 e. The average Bonchev–Trinajstić information content (AvgIpc) is 2.96.